The Morgan fingerprint density at radius 2 is 1.94 bits per heavy atom. The van der Waals surface area contributed by atoms with Gasteiger partial charge in [-0.3, -0.25) is 0 Å². The van der Waals surface area contributed by atoms with Crippen LogP contribution < -0.4 is 4.74 Å². The first-order valence-corrected chi connectivity index (χ1v) is 6.72. The summed E-state index contributed by atoms with van der Waals surface area (Å²) in [4.78, 5) is 1.37. The summed E-state index contributed by atoms with van der Waals surface area (Å²) in [7, 11) is 1.71. The fourth-order valence-corrected chi connectivity index (χ4v) is 4.06. The number of fused-ring (bicyclic) bond motifs is 2. The van der Waals surface area contributed by atoms with E-state index in [4.69, 9.17) is 4.74 Å². The highest BCUT2D eigenvalue weighted by Crippen LogP contribution is 2.47. The average Bonchev–Trinajstić information content (AvgIpc) is 2.92. The van der Waals surface area contributed by atoms with Crippen molar-refractivity contribution in [3.63, 3.8) is 0 Å². The lowest BCUT2D eigenvalue weighted by Crippen LogP contribution is -2.08. The minimum atomic E-state index is 0.795. The molecule has 3 rings (SSSR count). The Morgan fingerprint density at radius 3 is 2.50 bits per heavy atom. The van der Waals surface area contributed by atoms with Crippen molar-refractivity contribution in [3.8, 4) is 5.75 Å². The number of ether oxygens (including phenoxy) is 1. The number of thioether (sulfide) groups is 1. The van der Waals surface area contributed by atoms with Crippen LogP contribution in [-0.4, -0.2) is 12.4 Å². The van der Waals surface area contributed by atoms with Gasteiger partial charge in [0.05, 0.1) is 7.11 Å². The first kappa shape index (κ1) is 10.3. The minimum absolute atomic E-state index is 0.795. The summed E-state index contributed by atoms with van der Waals surface area (Å²) in [6, 6.07) is 8.43. The second kappa shape index (κ2) is 4.17. The van der Waals surface area contributed by atoms with E-state index in [0.29, 0.717) is 0 Å². The summed E-state index contributed by atoms with van der Waals surface area (Å²) in [5.41, 5.74) is 0. The molecule has 1 nitrogen and oxygen atoms in total. The summed E-state index contributed by atoms with van der Waals surface area (Å²) < 4.78 is 5.17. The Kier molecular flexibility index (Phi) is 2.68. The number of methoxy groups -OCH3 is 1. The Balaban J connectivity index is 1.68. The molecule has 84 valence electrons. The smallest absolute Gasteiger partial charge is 0.118 e. The maximum atomic E-state index is 5.17. The molecule has 16 heavy (non-hydrogen) atoms. The van der Waals surface area contributed by atoms with Crippen LogP contribution in [0.25, 0.3) is 0 Å². The van der Waals surface area contributed by atoms with Crippen molar-refractivity contribution in [2.24, 2.45) is 11.8 Å². The molecular weight excluding hydrogens is 216 g/mol. The van der Waals surface area contributed by atoms with E-state index in [0.717, 1.165) is 22.8 Å². The molecular formula is C14H16OS. The molecule has 0 radical (unpaired) electrons. The van der Waals surface area contributed by atoms with E-state index in [2.05, 4.69) is 24.3 Å². The van der Waals surface area contributed by atoms with Crippen molar-refractivity contribution in [1.29, 1.82) is 0 Å². The topological polar surface area (TPSA) is 9.23 Å². The molecule has 0 aliphatic heterocycles. The van der Waals surface area contributed by atoms with Crippen LogP contribution in [0.5, 0.6) is 5.75 Å². The van der Waals surface area contributed by atoms with Crippen molar-refractivity contribution < 1.29 is 4.74 Å². The molecule has 2 heteroatoms. The zero-order valence-corrected chi connectivity index (χ0v) is 10.2. The number of benzene rings is 1. The number of allylic oxidation sites excluding steroid dienone is 2. The van der Waals surface area contributed by atoms with Crippen LogP contribution in [0.2, 0.25) is 0 Å². The second-order valence-corrected chi connectivity index (χ2v) is 5.92. The van der Waals surface area contributed by atoms with Gasteiger partial charge < -0.3 is 4.74 Å². The van der Waals surface area contributed by atoms with Crippen molar-refractivity contribution in [3.05, 3.63) is 36.4 Å². The molecule has 2 bridgehead atoms. The van der Waals surface area contributed by atoms with Crippen LogP contribution in [0.4, 0.5) is 0 Å². The lowest BCUT2D eigenvalue weighted by Gasteiger charge is -2.17. The molecule has 0 N–H and O–H groups in total. The highest BCUT2D eigenvalue weighted by atomic mass is 32.2. The molecule has 2 aliphatic rings. The number of rotatable bonds is 3. The summed E-state index contributed by atoms with van der Waals surface area (Å²) in [5, 5.41) is 0.795. The maximum absolute atomic E-state index is 5.17. The summed E-state index contributed by atoms with van der Waals surface area (Å²) >= 11 is 2.03. The van der Waals surface area contributed by atoms with Gasteiger partial charge >= 0.3 is 0 Å². The molecule has 1 aromatic carbocycles. The maximum Gasteiger partial charge on any atom is 0.118 e. The van der Waals surface area contributed by atoms with E-state index in [-0.39, 0.29) is 0 Å². The lowest BCUT2D eigenvalue weighted by atomic mass is 10.1. The van der Waals surface area contributed by atoms with Crippen LogP contribution in [-0.2, 0) is 0 Å². The third kappa shape index (κ3) is 1.86. The van der Waals surface area contributed by atoms with Crippen LogP contribution in [0.1, 0.15) is 12.8 Å². The fraction of sp³-hybridized carbons (Fsp3) is 0.429. The summed E-state index contributed by atoms with van der Waals surface area (Å²) in [5.74, 6) is 2.62. The predicted molar refractivity (Wildman–Crippen MR) is 68.0 cm³/mol. The van der Waals surface area contributed by atoms with Gasteiger partial charge in [-0.1, -0.05) is 12.2 Å². The Bertz CT molecular complexity index is 396. The minimum Gasteiger partial charge on any atom is -0.497 e. The van der Waals surface area contributed by atoms with Crippen molar-refractivity contribution in [2.75, 3.05) is 7.11 Å². The molecule has 2 aliphatic carbocycles. The first-order chi connectivity index (χ1) is 7.85. The van der Waals surface area contributed by atoms with Gasteiger partial charge in [-0.05, 0) is 48.9 Å². The van der Waals surface area contributed by atoms with E-state index < -0.39 is 0 Å². The monoisotopic (exact) mass is 232 g/mol. The highest BCUT2D eigenvalue weighted by molar-refractivity contribution is 8.00. The normalized spacial score (nSPS) is 30.9. The van der Waals surface area contributed by atoms with Gasteiger partial charge in [0.2, 0.25) is 0 Å². The molecule has 1 saturated carbocycles. The number of hydrogen-bond acceptors (Lipinski definition) is 2. The van der Waals surface area contributed by atoms with Crippen LogP contribution in [0.3, 0.4) is 0 Å². The Labute approximate surface area is 101 Å². The largest absolute Gasteiger partial charge is 0.497 e. The molecule has 0 saturated heterocycles. The first-order valence-electron chi connectivity index (χ1n) is 5.84. The molecule has 0 heterocycles. The van der Waals surface area contributed by atoms with E-state index >= 15 is 0 Å². The van der Waals surface area contributed by atoms with Gasteiger partial charge in [-0.15, -0.1) is 11.8 Å². The molecule has 1 fully saturated rings. The van der Waals surface area contributed by atoms with Gasteiger partial charge in [0.25, 0.3) is 0 Å². The molecule has 0 amide bonds. The molecule has 0 unspecified atom stereocenters. The van der Waals surface area contributed by atoms with Crippen molar-refractivity contribution >= 4 is 11.8 Å². The second-order valence-electron chi connectivity index (χ2n) is 4.61. The van der Waals surface area contributed by atoms with E-state index in [1.165, 1.54) is 17.7 Å². The van der Waals surface area contributed by atoms with Gasteiger partial charge in [0.1, 0.15) is 5.75 Å². The molecule has 0 aromatic heterocycles. The van der Waals surface area contributed by atoms with E-state index in [9.17, 15) is 0 Å². The van der Waals surface area contributed by atoms with Crippen molar-refractivity contribution in [2.45, 2.75) is 23.0 Å². The third-order valence-electron chi connectivity index (χ3n) is 3.56. The summed E-state index contributed by atoms with van der Waals surface area (Å²) in [6.07, 6.45) is 7.55. The SMILES string of the molecule is COc1ccc(S[C@@H]2C[C@H]3C=C[C@@H]2C3)cc1. The lowest BCUT2D eigenvalue weighted by molar-refractivity contribution is 0.414. The molecule has 3 atom stereocenters. The van der Waals surface area contributed by atoms with Crippen LogP contribution in [0.15, 0.2) is 41.3 Å². The fourth-order valence-electron chi connectivity index (χ4n) is 2.69. The quantitative estimate of drug-likeness (QED) is 0.734. The van der Waals surface area contributed by atoms with Crippen LogP contribution >= 0.6 is 11.8 Å². The summed E-state index contributed by atoms with van der Waals surface area (Å²) in [6.45, 7) is 0. The standard InChI is InChI=1S/C14H16OS/c1-15-12-4-6-13(7-5-12)16-14-9-10-2-3-11(14)8-10/h2-7,10-11,14H,8-9H2,1H3/t10-,11+,14+/m0/s1. The van der Waals surface area contributed by atoms with Crippen LogP contribution in [0, 0.1) is 11.8 Å². The Hall–Kier alpha value is -0.890. The number of hydrogen-bond donors (Lipinski definition) is 0. The zero-order chi connectivity index (χ0) is 11.0. The molecule has 1 aromatic rings. The van der Waals surface area contributed by atoms with Gasteiger partial charge in [0, 0.05) is 10.1 Å². The highest BCUT2D eigenvalue weighted by Gasteiger charge is 2.35. The third-order valence-corrected chi connectivity index (χ3v) is 4.95. The van der Waals surface area contributed by atoms with Gasteiger partial charge in [-0.2, -0.15) is 0 Å². The van der Waals surface area contributed by atoms with Gasteiger partial charge in [0.15, 0.2) is 0 Å². The predicted octanol–water partition coefficient (Wildman–Crippen LogP) is 3.75. The average molecular weight is 232 g/mol. The van der Waals surface area contributed by atoms with Crippen molar-refractivity contribution in [1.82, 2.24) is 0 Å². The van der Waals surface area contributed by atoms with E-state index in [1.54, 1.807) is 7.11 Å². The van der Waals surface area contributed by atoms with Gasteiger partial charge in [-0.25, -0.2) is 0 Å². The zero-order valence-electron chi connectivity index (χ0n) is 9.43. The Morgan fingerprint density at radius 1 is 1.12 bits per heavy atom. The molecule has 0 spiro atoms. The van der Waals surface area contributed by atoms with E-state index in [1.807, 2.05) is 23.9 Å².